The Hall–Kier alpha value is -6.21. The van der Waals surface area contributed by atoms with Crippen LogP contribution in [0.25, 0.3) is 60.9 Å². The molecule has 1 spiro atoms. The van der Waals surface area contributed by atoms with Gasteiger partial charge in [-0.2, -0.15) is 0 Å². The monoisotopic (exact) mass is 679 g/mol. The Morgan fingerprint density at radius 3 is 2.00 bits per heavy atom. The topological polar surface area (TPSA) is 22.0 Å². The molecule has 2 nitrogen and oxygen atoms in total. The van der Waals surface area contributed by atoms with Crippen LogP contribution in [-0.2, 0) is 9.98 Å². The molecule has 9 aromatic rings. The van der Waals surface area contributed by atoms with Gasteiger partial charge in [0.25, 0.3) is 0 Å². The van der Waals surface area contributed by atoms with Crippen molar-refractivity contribution < 1.29 is 4.57 Å². The van der Waals surface area contributed by atoms with Gasteiger partial charge < -0.3 is 9.13 Å². The molecule has 1 unspecified atom stereocenters. The van der Waals surface area contributed by atoms with Crippen LogP contribution in [0.4, 0.5) is 0 Å². The third kappa shape index (κ3) is 3.30. The average molecular weight is 680 g/mol. The molecule has 3 aliphatic rings. The summed E-state index contributed by atoms with van der Waals surface area (Å²) in [6, 6.07) is 65.6. The second-order valence-corrected chi connectivity index (χ2v) is 17.0. The Kier molecular flexibility index (Phi) is 5.46. The number of benzene rings is 8. The molecule has 0 N–H and O–H groups in total. The molecule has 2 aliphatic heterocycles. The van der Waals surface area contributed by atoms with Gasteiger partial charge in [-0.1, -0.05) is 152 Å². The summed E-state index contributed by atoms with van der Waals surface area (Å²) in [5.41, 5.74) is 15.0. The fraction of sp³-hybridized carbons (Fsp3) is 0.0204. The summed E-state index contributed by atoms with van der Waals surface area (Å²) in [6.45, 7) is 0. The molecule has 3 heterocycles. The van der Waals surface area contributed by atoms with Gasteiger partial charge in [0.2, 0.25) is 0 Å². The number of aromatic nitrogens is 1. The third-order valence-corrected chi connectivity index (χ3v) is 15.1. The van der Waals surface area contributed by atoms with E-state index in [0.29, 0.717) is 0 Å². The molecule has 0 saturated carbocycles. The summed E-state index contributed by atoms with van der Waals surface area (Å²) < 4.78 is 18.3. The lowest BCUT2D eigenvalue weighted by molar-refractivity contribution is 0.593. The molecule has 1 aromatic heterocycles. The van der Waals surface area contributed by atoms with Crippen LogP contribution in [0, 0.1) is 0 Å². The van der Waals surface area contributed by atoms with E-state index in [2.05, 4.69) is 150 Å². The number of para-hydroxylation sites is 3. The second-order valence-electron chi connectivity index (χ2n) is 14.3. The zero-order chi connectivity index (χ0) is 34.2. The number of fused-ring (bicyclic) bond motifs is 15. The maximum absolute atomic E-state index is 15.8. The molecule has 0 radical (unpaired) electrons. The van der Waals surface area contributed by atoms with Crippen molar-refractivity contribution in [1.29, 1.82) is 0 Å². The smallest absolute Gasteiger partial charge is 0.172 e. The highest BCUT2D eigenvalue weighted by Crippen LogP contribution is 2.63. The first kappa shape index (κ1) is 28.5. The summed E-state index contributed by atoms with van der Waals surface area (Å²) in [5, 5.41) is 5.27. The molecular weight excluding hydrogens is 650 g/mol. The minimum absolute atomic E-state index is 0.612. The minimum Gasteiger partial charge on any atom is -0.309 e. The highest BCUT2D eigenvalue weighted by molar-refractivity contribution is 7.86. The van der Waals surface area contributed by atoms with Crippen LogP contribution >= 0.6 is 7.14 Å². The second kappa shape index (κ2) is 9.98. The average Bonchev–Trinajstić information content (AvgIpc) is 3.80. The zero-order valence-corrected chi connectivity index (χ0v) is 29.0. The van der Waals surface area contributed by atoms with Crippen LogP contribution in [0.15, 0.2) is 182 Å². The standard InChI is InChI=1S/C49H30NOP/c51-52(33-16-5-2-6-17-33)46-25-12-8-19-36(46)39-29-43-38(30-47(39)52)34-27-26-32(31-14-3-1-4-15-31)28-42(34)49(43)40-21-9-11-24-45(40)50-44-23-10-7-18-35(44)37-20-13-22-41(49)48(37)50/h1-30H/t49?,52-/m0/s1. The Morgan fingerprint density at radius 2 is 1.12 bits per heavy atom. The molecule has 2 atom stereocenters. The molecule has 52 heavy (non-hydrogen) atoms. The minimum atomic E-state index is -3.14. The Morgan fingerprint density at radius 1 is 0.423 bits per heavy atom. The van der Waals surface area contributed by atoms with Gasteiger partial charge in [-0.05, 0) is 86.0 Å². The van der Waals surface area contributed by atoms with E-state index in [1.54, 1.807) is 0 Å². The van der Waals surface area contributed by atoms with E-state index in [-0.39, 0.29) is 0 Å². The maximum atomic E-state index is 15.8. The fourth-order valence-corrected chi connectivity index (χ4v) is 13.0. The van der Waals surface area contributed by atoms with Crippen molar-refractivity contribution in [3.8, 4) is 39.1 Å². The van der Waals surface area contributed by atoms with Crippen molar-refractivity contribution in [2.75, 3.05) is 0 Å². The van der Waals surface area contributed by atoms with E-state index >= 15 is 4.57 Å². The van der Waals surface area contributed by atoms with E-state index in [0.717, 1.165) is 32.6 Å². The van der Waals surface area contributed by atoms with Gasteiger partial charge in [-0.25, -0.2) is 0 Å². The van der Waals surface area contributed by atoms with Crippen molar-refractivity contribution in [2.24, 2.45) is 0 Å². The first-order chi connectivity index (χ1) is 25.7. The van der Waals surface area contributed by atoms with Crippen molar-refractivity contribution >= 4 is 44.9 Å². The molecule has 3 heteroatoms. The molecule has 0 fully saturated rings. The number of nitrogens with zero attached hydrogens (tertiary/aromatic N) is 1. The predicted molar refractivity (Wildman–Crippen MR) is 215 cm³/mol. The van der Waals surface area contributed by atoms with Gasteiger partial charge in [0.05, 0.1) is 22.1 Å². The third-order valence-electron chi connectivity index (χ3n) is 12.0. The first-order valence-corrected chi connectivity index (χ1v) is 19.7. The van der Waals surface area contributed by atoms with E-state index in [1.807, 2.05) is 36.4 Å². The summed E-state index contributed by atoms with van der Waals surface area (Å²) in [7, 11) is -3.14. The van der Waals surface area contributed by atoms with Crippen molar-refractivity contribution in [2.45, 2.75) is 5.41 Å². The van der Waals surface area contributed by atoms with Gasteiger partial charge in [-0.15, -0.1) is 0 Å². The predicted octanol–water partition coefficient (Wildman–Crippen LogP) is 10.7. The van der Waals surface area contributed by atoms with Crippen LogP contribution < -0.4 is 15.9 Å². The quantitative estimate of drug-likeness (QED) is 0.167. The molecule has 242 valence electrons. The summed E-state index contributed by atoms with van der Waals surface area (Å²) in [6.07, 6.45) is 0. The SMILES string of the molecule is O=[P@@]1(c2ccccc2)c2ccccc2-c2cc3c(cc21)-c1ccc(-c2ccccc2)cc1C31c2ccccc2-n2c3ccccc3c3cccc1c32. The van der Waals surface area contributed by atoms with Crippen molar-refractivity contribution in [1.82, 2.24) is 4.57 Å². The Balaban J connectivity index is 1.27. The van der Waals surface area contributed by atoms with Gasteiger partial charge in [-0.3, -0.25) is 0 Å². The number of hydrogen-bond donors (Lipinski definition) is 0. The fourth-order valence-electron chi connectivity index (χ4n) is 9.95. The van der Waals surface area contributed by atoms with Crippen LogP contribution in [0.1, 0.15) is 22.3 Å². The van der Waals surface area contributed by atoms with Crippen LogP contribution in [0.3, 0.4) is 0 Å². The number of hydrogen-bond acceptors (Lipinski definition) is 1. The summed E-state index contributed by atoms with van der Waals surface area (Å²) in [5.74, 6) is 0. The van der Waals surface area contributed by atoms with E-state index in [9.17, 15) is 0 Å². The molecule has 12 rings (SSSR count). The van der Waals surface area contributed by atoms with E-state index < -0.39 is 12.6 Å². The van der Waals surface area contributed by atoms with Gasteiger partial charge in [0.15, 0.2) is 7.14 Å². The van der Waals surface area contributed by atoms with Gasteiger partial charge in [0, 0.05) is 26.7 Å². The molecule has 8 aromatic carbocycles. The van der Waals surface area contributed by atoms with Gasteiger partial charge >= 0.3 is 0 Å². The van der Waals surface area contributed by atoms with E-state index in [4.69, 9.17) is 0 Å². The molecule has 1 aliphatic carbocycles. The number of rotatable bonds is 2. The van der Waals surface area contributed by atoms with Gasteiger partial charge in [0.1, 0.15) is 0 Å². The summed E-state index contributed by atoms with van der Waals surface area (Å²) >= 11 is 0. The van der Waals surface area contributed by atoms with Crippen molar-refractivity contribution in [3.05, 3.63) is 204 Å². The van der Waals surface area contributed by atoms with Crippen molar-refractivity contribution in [3.63, 3.8) is 0 Å². The largest absolute Gasteiger partial charge is 0.309 e. The first-order valence-electron chi connectivity index (χ1n) is 18.0. The normalized spacial score (nSPS) is 18.6. The Labute approximate surface area is 301 Å². The van der Waals surface area contributed by atoms with E-state index in [1.165, 1.54) is 66.4 Å². The zero-order valence-electron chi connectivity index (χ0n) is 28.1. The van der Waals surface area contributed by atoms with Crippen LogP contribution in [-0.4, -0.2) is 4.57 Å². The molecule has 0 amide bonds. The molecule has 0 bridgehead atoms. The lowest BCUT2D eigenvalue weighted by Gasteiger charge is -2.40. The highest BCUT2D eigenvalue weighted by atomic mass is 31.2. The van der Waals surface area contributed by atoms with Crippen LogP contribution in [0.2, 0.25) is 0 Å². The van der Waals surface area contributed by atoms with Crippen LogP contribution in [0.5, 0.6) is 0 Å². The Bertz CT molecular complexity index is 3050. The lowest BCUT2D eigenvalue weighted by atomic mass is 9.65. The molecule has 0 saturated heterocycles. The molecular formula is C49H30NOP. The highest BCUT2D eigenvalue weighted by Gasteiger charge is 2.53. The maximum Gasteiger partial charge on any atom is 0.172 e. The lowest BCUT2D eigenvalue weighted by Crippen LogP contribution is -2.33. The summed E-state index contributed by atoms with van der Waals surface area (Å²) in [4.78, 5) is 0.